The summed E-state index contributed by atoms with van der Waals surface area (Å²) in [6, 6.07) is 8.65. The summed E-state index contributed by atoms with van der Waals surface area (Å²) < 4.78 is 27.0. The van der Waals surface area contributed by atoms with Gasteiger partial charge >= 0.3 is 0 Å². The predicted octanol–water partition coefficient (Wildman–Crippen LogP) is 2.18. The van der Waals surface area contributed by atoms with Crippen LogP contribution >= 0.6 is 0 Å². The van der Waals surface area contributed by atoms with Gasteiger partial charge in [0.05, 0.1) is 11.6 Å². The summed E-state index contributed by atoms with van der Waals surface area (Å²) in [5, 5.41) is 4.06. The fourth-order valence-corrected chi connectivity index (χ4v) is 1.68. The van der Waals surface area contributed by atoms with Crippen molar-refractivity contribution in [2.24, 2.45) is 5.73 Å². The molecule has 1 atom stereocenters. The van der Waals surface area contributed by atoms with E-state index in [1.165, 1.54) is 0 Å². The number of nitrogens with two attached hydrogens (primary N) is 1. The fraction of sp³-hybridized carbons (Fsp3) is 0.250. The summed E-state index contributed by atoms with van der Waals surface area (Å²) in [7, 11) is 0. The van der Waals surface area contributed by atoms with E-state index < -0.39 is 12.3 Å². The molecule has 2 rings (SSSR count). The van der Waals surface area contributed by atoms with E-state index in [-0.39, 0.29) is 6.54 Å². The van der Waals surface area contributed by atoms with Crippen LogP contribution < -0.4 is 5.73 Å². The third kappa shape index (κ3) is 2.50. The average molecular weight is 237 g/mol. The molecule has 0 aliphatic carbocycles. The van der Waals surface area contributed by atoms with E-state index in [0.717, 1.165) is 5.69 Å². The molecule has 0 radical (unpaired) electrons. The molecule has 5 heteroatoms. The van der Waals surface area contributed by atoms with Crippen LogP contribution in [-0.4, -0.2) is 22.8 Å². The fourth-order valence-electron chi connectivity index (χ4n) is 1.68. The molecular weight excluding hydrogens is 224 g/mol. The lowest BCUT2D eigenvalue weighted by Crippen LogP contribution is -2.19. The lowest BCUT2D eigenvalue weighted by Gasteiger charge is -2.14. The van der Waals surface area contributed by atoms with Crippen LogP contribution in [0.15, 0.2) is 42.7 Å². The van der Waals surface area contributed by atoms with E-state index in [2.05, 4.69) is 5.10 Å². The number of benzene rings is 1. The second-order valence-electron chi connectivity index (χ2n) is 3.72. The molecule has 0 bridgehead atoms. The molecule has 0 saturated carbocycles. The van der Waals surface area contributed by atoms with Crippen LogP contribution in [0, 0.1) is 0 Å². The average Bonchev–Trinajstić information content (AvgIpc) is 2.84. The number of hydrogen-bond donors (Lipinski definition) is 1. The minimum atomic E-state index is -2.43. The highest BCUT2D eigenvalue weighted by atomic mass is 19.3. The lowest BCUT2D eigenvalue weighted by molar-refractivity contribution is 0.117. The van der Waals surface area contributed by atoms with Gasteiger partial charge in [-0.1, -0.05) is 12.1 Å². The number of aromatic nitrogens is 2. The van der Waals surface area contributed by atoms with Gasteiger partial charge in [-0.15, -0.1) is 0 Å². The van der Waals surface area contributed by atoms with Crippen molar-refractivity contribution in [1.29, 1.82) is 0 Å². The molecule has 0 fully saturated rings. The Balaban J connectivity index is 2.23. The monoisotopic (exact) mass is 237 g/mol. The molecule has 0 amide bonds. The van der Waals surface area contributed by atoms with E-state index in [1.807, 2.05) is 0 Å². The molecule has 1 unspecified atom stereocenters. The van der Waals surface area contributed by atoms with Gasteiger partial charge in [0.1, 0.15) is 0 Å². The molecule has 1 aromatic heterocycles. The molecule has 90 valence electrons. The van der Waals surface area contributed by atoms with Gasteiger partial charge in [0.15, 0.2) is 0 Å². The highest BCUT2D eigenvalue weighted by Crippen LogP contribution is 2.23. The molecular formula is C12H13F2N3. The summed E-state index contributed by atoms with van der Waals surface area (Å²) >= 11 is 0. The van der Waals surface area contributed by atoms with Crippen LogP contribution in [-0.2, 0) is 0 Å². The number of rotatable bonds is 4. The van der Waals surface area contributed by atoms with E-state index in [1.54, 1.807) is 47.4 Å². The zero-order valence-electron chi connectivity index (χ0n) is 9.13. The quantitative estimate of drug-likeness (QED) is 0.885. The van der Waals surface area contributed by atoms with Gasteiger partial charge in [-0.2, -0.15) is 5.10 Å². The van der Waals surface area contributed by atoms with Gasteiger partial charge in [-0.3, -0.25) is 0 Å². The number of halogens is 2. The van der Waals surface area contributed by atoms with Crippen molar-refractivity contribution in [1.82, 2.24) is 9.78 Å². The number of nitrogens with zero attached hydrogens (tertiary/aromatic N) is 2. The Morgan fingerprint density at radius 1 is 1.24 bits per heavy atom. The van der Waals surface area contributed by atoms with Gasteiger partial charge in [0, 0.05) is 18.9 Å². The molecule has 0 spiro atoms. The Morgan fingerprint density at radius 2 is 1.94 bits per heavy atom. The first-order valence-corrected chi connectivity index (χ1v) is 5.30. The van der Waals surface area contributed by atoms with E-state index in [9.17, 15) is 8.78 Å². The van der Waals surface area contributed by atoms with Crippen molar-refractivity contribution in [3.8, 4) is 5.69 Å². The lowest BCUT2D eigenvalue weighted by atomic mass is 9.99. The first kappa shape index (κ1) is 11.7. The second-order valence-corrected chi connectivity index (χ2v) is 3.72. The Hall–Kier alpha value is -1.75. The van der Waals surface area contributed by atoms with E-state index >= 15 is 0 Å². The van der Waals surface area contributed by atoms with Crippen LogP contribution in [0.3, 0.4) is 0 Å². The van der Waals surface area contributed by atoms with E-state index in [4.69, 9.17) is 5.73 Å². The Labute approximate surface area is 97.9 Å². The summed E-state index contributed by atoms with van der Waals surface area (Å²) in [6.45, 7) is -0.0568. The summed E-state index contributed by atoms with van der Waals surface area (Å²) in [4.78, 5) is 0. The molecule has 1 heterocycles. The normalized spacial score (nSPS) is 12.9. The minimum absolute atomic E-state index is 0.0568. The van der Waals surface area contributed by atoms with Crippen LogP contribution in [0.5, 0.6) is 0 Å². The zero-order chi connectivity index (χ0) is 12.3. The standard InChI is InChI=1S/C12H13F2N3/c13-12(14)11(8-15)9-2-4-10(5-3-9)17-7-1-6-16-17/h1-7,11-12H,8,15H2. The maximum Gasteiger partial charge on any atom is 0.246 e. The van der Waals surface area contributed by atoms with Gasteiger partial charge in [0.25, 0.3) is 0 Å². The van der Waals surface area contributed by atoms with Gasteiger partial charge in [-0.05, 0) is 23.8 Å². The summed E-state index contributed by atoms with van der Waals surface area (Å²) in [5.74, 6) is -0.901. The highest BCUT2D eigenvalue weighted by Gasteiger charge is 2.20. The molecule has 0 saturated heterocycles. The number of alkyl halides is 2. The maximum absolute atomic E-state index is 12.7. The largest absolute Gasteiger partial charge is 0.330 e. The highest BCUT2D eigenvalue weighted by molar-refractivity contribution is 5.35. The van der Waals surface area contributed by atoms with Crippen LogP contribution in [0.25, 0.3) is 5.69 Å². The summed E-state index contributed by atoms with van der Waals surface area (Å²) in [5.41, 5.74) is 6.73. The molecule has 2 aromatic rings. The first-order chi connectivity index (χ1) is 8.22. The van der Waals surface area contributed by atoms with Gasteiger partial charge in [0.2, 0.25) is 6.43 Å². The second kappa shape index (κ2) is 5.05. The predicted molar refractivity (Wildman–Crippen MR) is 61.4 cm³/mol. The van der Waals surface area contributed by atoms with Crippen LogP contribution in [0.2, 0.25) is 0 Å². The molecule has 3 nitrogen and oxygen atoms in total. The Kier molecular flexibility index (Phi) is 3.49. The minimum Gasteiger partial charge on any atom is -0.330 e. The van der Waals surface area contributed by atoms with Gasteiger partial charge < -0.3 is 5.73 Å². The molecule has 2 N–H and O–H groups in total. The summed E-state index contributed by atoms with van der Waals surface area (Å²) in [6.07, 6.45) is 1.02. The molecule has 1 aromatic carbocycles. The van der Waals surface area contributed by atoms with Crippen molar-refractivity contribution < 1.29 is 8.78 Å². The Morgan fingerprint density at radius 3 is 2.41 bits per heavy atom. The third-order valence-electron chi connectivity index (χ3n) is 2.65. The van der Waals surface area contributed by atoms with Crippen molar-refractivity contribution in [3.05, 3.63) is 48.3 Å². The number of hydrogen-bond acceptors (Lipinski definition) is 2. The van der Waals surface area contributed by atoms with Crippen molar-refractivity contribution in [3.63, 3.8) is 0 Å². The van der Waals surface area contributed by atoms with Crippen molar-refractivity contribution >= 4 is 0 Å². The van der Waals surface area contributed by atoms with Crippen LogP contribution in [0.1, 0.15) is 11.5 Å². The van der Waals surface area contributed by atoms with Crippen molar-refractivity contribution in [2.75, 3.05) is 6.54 Å². The first-order valence-electron chi connectivity index (χ1n) is 5.30. The Bertz CT molecular complexity index is 451. The zero-order valence-corrected chi connectivity index (χ0v) is 9.13. The smallest absolute Gasteiger partial charge is 0.246 e. The molecule has 0 aliphatic heterocycles. The van der Waals surface area contributed by atoms with Gasteiger partial charge in [-0.25, -0.2) is 13.5 Å². The van der Waals surface area contributed by atoms with Crippen molar-refractivity contribution in [2.45, 2.75) is 12.3 Å². The third-order valence-corrected chi connectivity index (χ3v) is 2.65. The van der Waals surface area contributed by atoms with Crippen LogP contribution in [0.4, 0.5) is 8.78 Å². The maximum atomic E-state index is 12.7. The SMILES string of the molecule is NCC(c1ccc(-n2cccn2)cc1)C(F)F. The molecule has 17 heavy (non-hydrogen) atoms. The topological polar surface area (TPSA) is 43.8 Å². The molecule has 0 aliphatic rings. The van der Waals surface area contributed by atoms with E-state index in [0.29, 0.717) is 5.56 Å².